The lowest BCUT2D eigenvalue weighted by Gasteiger charge is -2.19. The van der Waals surface area contributed by atoms with E-state index < -0.39 is 0 Å². The summed E-state index contributed by atoms with van der Waals surface area (Å²) in [7, 11) is 1.42. The summed E-state index contributed by atoms with van der Waals surface area (Å²) in [6.07, 6.45) is 0. The summed E-state index contributed by atoms with van der Waals surface area (Å²) in [5.41, 5.74) is 7.06. The summed E-state index contributed by atoms with van der Waals surface area (Å²) in [4.78, 5) is 12.7. The zero-order chi connectivity index (χ0) is 25.4. The average Bonchev–Trinajstić information content (AvgIpc) is 2.96. The first-order valence-electron chi connectivity index (χ1n) is 12.1. The Balaban J connectivity index is 1.76. The Morgan fingerprint density at radius 3 is 1.70 bits per heavy atom. The third-order valence-corrected chi connectivity index (χ3v) is 7.34. The van der Waals surface area contributed by atoms with Crippen LogP contribution in [0.5, 0.6) is 0 Å². The molecular weight excluding hydrogens is 520 g/mol. The van der Waals surface area contributed by atoms with Crippen LogP contribution >= 0.6 is 15.9 Å². The number of halogens is 1. The van der Waals surface area contributed by atoms with E-state index in [2.05, 4.69) is 107 Å². The summed E-state index contributed by atoms with van der Waals surface area (Å²) in [6.45, 7) is 0. The van der Waals surface area contributed by atoms with Crippen molar-refractivity contribution in [3.63, 3.8) is 0 Å². The molecule has 0 aromatic heterocycles. The number of carbonyl (C=O) groups excluding carboxylic acids is 1. The fourth-order valence-electron chi connectivity index (χ4n) is 5.22. The molecule has 0 spiro atoms. The molecule has 0 N–H and O–H groups in total. The van der Waals surface area contributed by atoms with Gasteiger partial charge in [0, 0.05) is 4.47 Å². The van der Waals surface area contributed by atoms with Crippen LogP contribution in [0.3, 0.4) is 0 Å². The molecule has 2 nitrogen and oxygen atoms in total. The predicted molar refractivity (Wildman–Crippen MR) is 157 cm³/mol. The molecular formula is C34H23BrO2. The normalized spacial score (nSPS) is 11.1. The highest BCUT2D eigenvalue weighted by atomic mass is 79.9. The summed E-state index contributed by atoms with van der Waals surface area (Å²) in [5.74, 6) is -0.358. The molecule has 0 heterocycles. The molecule has 0 bridgehead atoms. The van der Waals surface area contributed by atoms with Gasteiger partial charge in [-0.2, -0.15) is 0 Å². The summed E-state index contributed by atoms with van der Waals surface area (Å²) in [5, 5.41) is 4.72. The van der Waals surface area contributed by atoms with Crippen LogP contribution in [0.2, 0.25) is 0 Å². The molecule has 0 atom stereocenters. The van der Waals surface area contributed by atoms with Gasteiger partial charge in [0.1, 0.15) is 0 Å². The van der Waals surface area contributed by atoms with Gasteiger partial charge in [0.15, 0.2) is 0 Å². The van der Waals surface area contributed by atoms with Crippen LogP contribution in [0.1, 0.15) is 10.4 Å². The lowest BCUT2D eigenvalue weighted by atomic mass is 9.84. The maximum absolute atomic E-state index is 12.7. The minimum atomic E-state index is -0.358. The van der Waals surface area contributed by atoms with E-state index in [1.807, 2.05) is 30.3 Å². The number of rotatable bonds is 4. The van der Waals surface area contributed by atoms with Gasteiger partial charge in [-0.25, -0.2) is 4.79 Å². The average molecular weight is 543 g/mol. The van der Waals surface area contributed by atoms with E-state index in [0.717, 1.165) is 26.5 Å². The van der Waals surface area contributed by atoms with Crippen molar-refractivity contribution in [3.05, 3.63) is 131 Å². The zero-order valence-corrected chi connectivity index (χ0v) is 21.8. The van der Waals surface area contributed by atoms with Gasteiger partial charge in [-0.15, -0.1) is 0 Å². The molecule has 3 heteroatoms. The molecule has 37 heavy (non-hydrogen) atoms. The van der Waals surface area contributed by atoms with E-state index >= 15 is 0 Å². The van der Waals surface area contributed by atoms with Crippen molar-refractivity contribution < 1.29 is 9.53 Å². The van der Waals surface area contributed by atoms with E-state index in [-0.39, 0.29) is 5.97 Å². The molecule has 6 rings (SSSR count). The maximum Gasteiger partial charge on any atom is 0.338 e. The highest BCUT2D eigenvalue weighted by Gasteiger charge is 2.19. The number of esters is 1. The van der Waals surface area contributed by atoms with Gasteiger partial charge in [0.2, 0.25) is 0 Å². The highest BCUT2D eigenvalue weighted by Crippen LogP contribution is 2.45. The second-order valence-electron chi connectivity index (χ2n) is 8.97. The van der Waals surface area contributed by atoms with Crippen LogP contribution in [0, 0.1) is 0 Å². The monoisotopic (exact) mass is 542 g/mol. The number of ether oxygens (including phenoxy) is 1. The molecule has 0 aliphatic rings. The van der Waals surface area contributed by atoms with E-state index in [0.29, 0.717) is 5.56 Å². The largest absolute Gasteiger partial charge is 0.465 e. The molecule has 0 aliphatic carbocycles. The number of benzene rings is 6. The van der Waals surface area contributed by atoms with Crippen LogP contribution in [0.4, 0.5) is 0 Å². The Hall–Kier alpha value is -4.21. The Bertz CT molecular complexity index is 1770. The Morgan fingerprint density at radius 2 is 1.11 bits per heavy atom. The van der Waals surface area contributed by atoms with Crippen molar-refractivity contribution in [2.24, 2.45) is 0 Å². The molecule has 178 valence electrons. The number of methoxy groups -OCH3 is 1. The topological polar surface area (TPSA) is 26.3 Å². The molecule has 0 saturated carbocycles. The SMILES string of the molecule is COC(=O)c1cc(Br)ccc1-c1ccc2c(-c3ccccc3)c3ccccc3c(-c3ccccc3)c2c1. The minimum Gasteiger partial charge on any atom is -0.465 e. The summed E-state index contributed by atoms with van der Waals surface area (Å²) in [6, 6.07) is 42.0. The summed E-state index contributed by atoms with van der Waals surface area (Å²) < 4.78 is 5.94. The van der Waals surface area contributed by atoms with E-state index in [1.54, 1.807) is 0 Å². The van der Waals surface area contributed by atoms with Crippen LogP contribution in [-0.4, -0.2) is 13.1 Å². The lowest BCUT2D eigenvalue weighted by molar-refractivity contribution is 0.0601. The lowest BCUT2D eigenvalue weighted by Crippen LogP contribution is -2.03. The van der Waals surface area contributed by atoms with Crippen molar-refractivity contribution in [2.45, 2.75) is 0 Å². The van der Waals surface area contributed by atoms with Crippen molar-refractivity contribution in [1.29, 1.82) is 0 Å². The van der Waals surface area contributed by atoms with Crippen LogP contribution in [0.15, 0.2) is 126 Å². The highest BCUT2D eigenvalue weighted by molar-refractivity contribution is 9.10. The fourth-order valence-corrected chi connectivity index (χ4v) is 5.59. The number of fused-ring (bicyclic) bond motifs is 2. The smallest absolute Gasteiger partial charge is 0.338 e. The molecule has 6 aromatic carbocycles. The quantitative estimate of drug-likeness (QED) is 0.164. The van der Waals surface area contributed by atoms with Crippen molar-refractivity contribution in [1.82, 2.24) is 0 Å². The van der Waals surface area contributed by atoms with Gasteiger partial charge in [-0.05, 0) is 73.1 Å². The van der Waals surface area contributed by atoms with Crippen LogP contribution < -0.4 is 0 Å². The molecule has 0 radical (unpaired) electrons. The standard InChI is InChI=1S/C34H23BrO2/c1-37-34(36)31-21-25(35)17-19-26(31)24-16-18-29-30(20-24)33(23-12-6-3-7-13-23)28-15-9-8-14-27(28)32(29)22-10-4-2-5-11-22/h2-21H,1H3. The van der Waals surface area contributed by atoms with Crippen molar-refractivity contribution >= 4 is 43.4 Å². The van der Waals surface area contributed by atoms with Crippen LogP contribution in [-0.2, 0) is 4.74 Å². The molecule has 0 saturated heterocycles. The molecule has 0 amide bonds. The summed E-state index contributed by atoms with van der Waals surface area (Å²) >= 11 is 3.50. The van der Waals surface area contributed by atoms with Gasteiger partial charge in [0.05, 0.1) is 12.7 Å². The van der Waals surface area contributed by atoms with Gasteiger partial charge < -0.3 is 4.74 Å². The van der Waals surface area contributed by atoms with E-state index in [9.17, 15) is 4.79 Å². The third kappa shape index (κ3) is 4.12. The van der Waals surface area contributed by atoms with Gasteiger partial charge in [-0.1, -0.05) is 119 Å². The van der Waals surface area contributed by atoms with Crippen molar-refractivity contribution in [3.8, 4) is 33.4 Å². The Labute approximate surface area is 224 Å². The predicted octanol–water partition coefficient (Wildman–Crippen LogP) is 9.54. The first kappa shape index (κ1) is 23.2. The fraction of sp³-hybridized carbons (Fsp3) is 0.0294. The molecule has 0 unspecified atom stereocenters. The molecule has 6 aromatic rings. The maximum atomic E-state index is 12.7. The number of hydrogen-bond donors (Lipinski definition) is 0. The molecule has 0 fully saturated rings. The number of carbonyl (C=O) groups is 1. The van der Waals surface area contributed by atoms with E-state index in [4.69, 9.17) is 4.74 Å². The molecule has 0 aliphatic heterocycles. The minimum absolute atomic E-state index is 0.358. The second kappa shape index (κ2) is 9.68. The zero-order valence-electron chi connectivity index (χ0n) is 20.2. The van der Waals surface area contributed by atoms with Gasteiger partial charge >= 0.3 is 5.97 Å². The van der Waals surface area contributed by atoms with Gasteiger partial charge in [0.25, 0.3) is 0 Å². The van der Waals surface area contributed by atoms with Crippen molar-refractivity contribution in [2.75, 3.05) is 7.11 Å². The third-order valence-electron chi connectivity index (χ3n) is 6.85. The second-order valence-corrected chi connectivity index (χ2v) is 9.89. The first-order chi connectivity index (χ1) is 18.2. The van der Waals surface area contributed by atoms with Crippen LogP contribution in [0.25, 0.3) is 54.9 Å². The van der Waals surface area contributed by atoms with Gasteiger partial charge in [-0.3, -0.25) is 0 Å². The van der Waals surface area contributed by atoms with E-state index in [1.165, 1.54) is 40.0 Å². The first-order valence-corrected chi connectivity index (χ1v) is 12.9. The number of hydrogen-bond acceptors (Lipinski definition) is 2. The Morgan fingerprint density at radius 1 is 0.568 bits per heavy atom. The Kier molecular flexibility index (Phi) is 6.07.